The summed E-state index contributed by atoms with van der Waals surface area (Å²) in [7, 11) is 3.62. The van der Waals surface area contributed by atoms with Crippen molar-refractivity contribution in [2.75, 3.05) is 24.7 Å². The van der Waals surface area contributed by atoms with E-state index < -0.39 is 0 Å². The summed E-state index contributed by atoms with van der Waals surface area (Å²) in [6, 6.07) is 0. The second-order valence-electron chi connectivity index (χ2n) is 1.73. The minimum atomic E-state index is 0. The molecule has 0 atom stereocenters. The zero-order valence-corrected chi connectivity index (χ0v) is 10.1. The van der Waals surface area contributed by atoms with Crippen molar-refractivity contribution in [2.45, 2.75) is 0 Å². The Kier molecular flexibility index (Phi) is 6.07. The predicted octanol–water partition coefficient (Wildman–Crippen LogP) is -2.64. The molecular formula is C6H9KN4. The molecule has 0 amide bonds. The molecule has 11 heavy (non-hydrogen) atoms. The normalized spacial score (nSPS) is 8.18. The fourth-order valence-electron chi connectivity index (χ4n) is 0.667. The maximum atomic E-state index is 3.86. The number of nitrogens with zero attached hydrogens (tertiary/aromatic N) is 2. The Morgan fingerprint density at radius 2 is 2.09 bits per heavy atom. The molecule has 0 aliphatic heterocycles. The Hall–Kier alpha value is 0.316. The van der Waals surface area contributed by atoms with Crippen LogP contribution in [0.15, 0.2) is 6.20 Å². The van der Waals surface area contributed by atoms with Crippen LogP contribution in [-0.4, -0.2) is 24.1 Å². The third-order valence-electron chi connectivity index (χ3n) is 1.17. The van der Waals surface area contributed by atoms with E-state index in [1.807, 2.05) is 7.05 Å². The zero-order chi connectivity index (χ0) is 7.40. The van der Waals surface area contributed by atoms with Gasteiger partial charge in [0.05, 0.1) is 0 Å². The Morgan fingerprint density at radius 1 is 1.36 bits per heavy atom. The van der Waals surface area contributed by atoms with E-state index in [4.69, 9.17) is 0 Å². The number of aromatic nitrogens is 2. The molecule has 54 valence electrons. The van der Waals surface area contributed by atoms with Gasteiger partial charge in [-0.3, -0.25) is 0 Å². The van der Waals surface area contributed by atoms with Gasteiger partial charge in [-0.05, 0) is 12.7 Å². The molecule has 1 aromatic heterocycles. The van der Waals surface area contributed by atoms with E-state index >= 15 is 0 Å². The van der Waals surface area contributed by atoms with Crippen LogP contribution in [0.25, 0.3) is 0 Å². The van der Waals surface area contributed by atoms with Gasteiger partial charge in [0.25, 0.3) is 0 Å². The van der Waals surface area contributed by atoms with E-state index in [-0.39, 0.29) is 51.4 Å². The molecule has 0 saturated carbocycles. The zero-order valence-electron chi connectivity index (χ0n) is 6.97. The van der Waals surface area contributed by atoms with Crippen molar-refractivity contribution in [2.24, 2.45) is 0 Å². The van der Waals surface area contributed by atoms with Gasteiger partial charge in [-0.2, -0.15) is 0 Å². The Morgan fingerprint density at radius 3 is 2.55 bits per heavy atom. The standard InChI is InChI=1S/C6H9N4.K/c1-7-5-3-9-4-10-6(5)8-2;/h3,7H,1-2H3,(H,8,9,10);/q-1;+1. The number of rotatable bonds is 2. The summed E-state index contributed by atoms with van der Waals surface area (Å²) in [6.45, 7) is 0. The molecule has 2 N–H and O–H groups in total. The molecule has 0 radical (unpaired) electrons. The predicted molar refractivity (Wildman–Crippen MR) is 40.0 cm³/mol. The molecule has 1 rings (SSSR count). The molecule has 0 aliphatic rings. The second kappa shape index (κ2) is 5.90. The van der Waals surface area contributed by atoms with Crippen LogP contribution in [0.4, 0.5) is 11.5 Å². The molecule has 0 aromatic carbocycles. The van der Waals surface area contributed by atoms with E-state index in [9.17, 15) is 0 Å². The summed E-state index contributed by atoms with van der Waals surface area (Å²) in [5.74, 6) is 0.762. The molecule has 4 nitrogen and oxygen atoms in total. The molecule has 0 fully saturated rings. The summed E-state index contributed by atoms with van der Waals surface area (Å²) in [5, 5.41) is 5.84. The molecule has 0 aliphatic carbocycles. The maximum Gasteiger partial charge on any atom is 1.00 e. The fraction of sp³-hybridized carbons (Fsp3) is 0.333. The van der Waals surface area contributed by atoms with Gasteiger partial charge in [-0.15, -0.1) is 0 Å². The smallest absolute Gasteiger partial charge is 0.423 e. The van der Waals surface area contributed by atoms with Crippen LogP contribution >= 0.6 is 0 Å². The first-order chi connectivity index (χ1) is 4.88. The fourth-order valence-corrected chi connectivity index (χ4v) is 0.667. The van der Waals surface area contributed by atoms with Crippen LogP contribution < -0.4 is 62.0 Å². The van der Waals surface area contributed by atoms with Gasteiger partial charge in [-0.25, -0.2) is 0 Å². The van der Waals surface area contributed by atoms with Gasteiger partial charge in [0.15, 0.2) is 0 Å². The number of hydrogen-bond donors (Lipinski definition) is 2. The maximum absolute atomic E-state index is 3.86. The molecule has 1 aromatic rings. The molecule has 0 spiro atoms. The van der Waals surface area contributed by atoms with E-state index in [0.717, 1.165) is 11.5 Å². The molecule has 0 unspecified atom stereocenters. The monoisotopic (exact) mass is 176 g/mol. The molecular weight excluding hydrogens is 167 g/mol. The van der Waals surface area contributed by atoms with E-state index in [1.54, 1.807) is 13.2 Å². The minimum Gasteiger partial charge on any atom is -0.423 e. The van der Waals surface area contributed by atoms with Gasteiger partial charge >= 0.3 is 51.4 Å². The largest absolute Gasteiger partial charge is 1.00 e. The van der Waals surface area contributed by atoms with Crippen molar-refractivity contribution in [1.82, 2.24) is 9.97 Å². The minimum absolute atomic E-state index is 0. The van der Waals surface area contributed by atoms with Crippen molar-refractivity contribution < 1.29 is 51.4 Å². The van der Waals surface area contributed by atoms with Crippen LogP contribution in [-0.2, 0) is 0 Å². The first kappa shape index (κ1) is 11.3. The van der Waals surface area contributed by atoms with Crippen LogP contribution in [0, 0.1) is 6.33 Å². The molecule has 0 bridgehead atoms. The molecule has 0 saturated heterocycles. The van der Waals surface area contributed by atoms with Crippen molar-refractivity contribution in [3.8, 4) is 0 Å². The van der Waals surface area contributed by atoms with Crippen molar-refractivity contribution >= 4 is 11.5 Å². The van der Waals surface area contributed by atoms with Gasteiger partial charge < -0.3 is 20.6 Å². The van der Waals surface area contributed by atoms with Crippen molar-refractivity contribution in [3.63, 3.8) is 0 Å². The topological polar surface area (TPSA) is 49.8 Å². The van der Waals surface area contributed by atoms with Gasteiger partial charge in [0.2, 0.25) is 0 Å². The average molecular weight is 176 g/mol. The average Bonchev–Trinajstić information content (AvgIpc) is 2.04. The van der Waals surface area contributed by atoms with Crippen LogP contribution in [0.2, 0.25) is 0 Å². The molecule has 1 heterocycles. The summed E-state index contributed by atoms with van der Waals surface area (Å²) in [5.41, 5.74) is 0.876. The Balaban J connectivity index is 0.000001000. The number of anilines is 2. The van der Waals surface area contributed by atoms with Crippen LogP contribution in [0.1, 0.15) is 0 Å². The van der Waals surface area contributed by atoms with Crippen molar-refractivity contribution in [3.05, 3.63) is 12.5 Å². The summed E-state index contributed by atoms with van der Waals surface area (Å²) >= 11 is 0. The third-order valence-corrected chi connectivity index (χ3v) is 1.17. The van der Waals surface area contributed by atoms with Gasteiger partial charge in [0, 0.05) is 19.2 Å². The first-order valence-corrected chi connectivity index (χ1v) is 2.97. The van der Waals surface area contributed by atoms with E-state index in [0.29, 0.717) is 0 Å². The Bertz CT molecular complexity index is 192. The summed E-state index contributed by atoms with van der Waals surface area (Å²) < 4.78 is 0. The molecule has 5 heteroatoms. The number of hydrogen-bond acceptors (Lipinski definition) is 4. The van der Waals surface area contributed by atoms with Crippen molar-refractivity contribution in [1.29, 1.82) is 0 Å². The summed E-state index contributed by atoms with van der Waals surface area (Å²) in [4.78, 5) is 7.58. The van der Waals surface area contributed by atoms with Crippen LogP contribution in [0.3, 0.4) is 0 Å². The number of nitrogens with one attached hydrogen (secondary N) is 2. The second-order valence-corrected chi connectivity index (χ2v) is 1.73. The quantitative estimate of drug-likeness (QED) is 0.382. The summed E-state index contributed by atoms with van der Waals surface area (Å²) in [6.07, 6.45) is 4.15. The van der Waals surface area contributed by atoms with E-state index in [1.165, 1.54) is 0 Å². The van der Waals surface area contributed by atoms with Crippen LogP contribution in [0.5, 0.6) is 0 Å². The van der Waals surface area contributed by atoms with E-state index in [2.05, 4.69) is 26.9 Å². The van der Waals surface area contributed by atoms with Gasteiger partial charge in [0.1, 0.15) is 0 Å². The first-order valence-electron chi connectivity index (χ1n) is 2.97. The third kappa shape index (κ3) is 3.04. The SMILES string of the molecule is CNc1cn[c-]nc1NC.[K+]. The van der Waals surface area contributed by atoms with Gasteiger partial charge in [-0.1, -0.05) is 6.20 Å². The Labute approximate surface area is 109 Å².